The average molecular weight is 1270 g/mol. The van der Waals surface area contributed by atoms with E-state index in [-0.39, 0.29) is 12.2 Å². The minimum atomic E-state index is -1.12. The normalized spacial score (nSPS) is 17.3. The van der Waals surface area contributed by atoms with Gasteiger partial charge in [0.2, 0.25) is 0 Å². The molecule has 0 saturated carbocycles. The van der Waals surface area contributed by atoms with Crippen LogP contribution in [0.4, 0.5) is 25.8 Å². The van der Waals surface area contributed by atoms with E-state index in [1.54, 1.807) is 18.2 Å². The van der Waals surface area contributed by atoms with Crippen LogP contribution < -0.4 is 19.1 Å². The van der Waals surface area contributed by atoms with Crippen LogP contribution in [0.15, 0.2) is 334 Å². The van der Waals surface area contributed by atoms with Gasteiger partial charge in [-0.15, -0.1) is 0 Å². The molecule has 3 atom stereocenters. The van der Waals surface area contributed by atoms with Crippen LogP contribution in [0, 0.1) is 5.82 Å². The summed E-state index contributed by atoms with van der Waals surface area (Å²) in [7, 11) is 0. The number of ether oxygens (including phenoxy) is 3. The Hall–Kier alpha value is -12.1. The average Bonchev–Trinajstić information content (AvgIpc) is 1.48. The molecule has 18 rings (SSSR count). The third-order valence-corrected chi connectivity index (χ3v) is 21.0. The van der Waals surface area contributed by atoms with Gasteiger partial charge in [0, 0.05) is 28.9 Å². The molecule has 1 spiro atoms. The highest BCUT2D eigenvalue weighted by Crippen LogP contribution is 2.66. The molecule has 13 aromatic rings. The van der Waals surface area contributed by atoms with Crippen molar-refractivity contribution in [1.29, 1.82) is 0 Å². The van der Waals surface area contributed by atoms with Crippen LogP contribution in [0.2, 0.25) is 0 Å². The summed E-state index contributed by atoms with van der Waals surface area (Å²) < 4.78 is 51.8. The topological polar surface area (TPSA) is 30.9 Å². The van der Waals surface area contributed by atoms with Crippen LogP contribution in [0.5, 0.6) is 34.5 Å². The number of rotatable bonds is 14. The molecule has 4 aliphatic carbocycles. The predicted octanol–water partition coefficient (Wildman–Crippen LogP) is 23.7. The van der Waals surface area contributed by atoms with E-state index >= 15 is 8.78 Å². The van der Waals surface area contributed by atoms with Crippen molar-refractivity contribution in [3.8, 4) is 67.9 Å². The Bertz CT molecular complexity index is 5390. The van der Waals surface area contributed by atoms with Gasteiger partial charge in [-0.2, -0.15) is 0 Å². The van der Waals surface area contributed by atoms with E-state index in [0.717, 1.165) is 123 Å². The number of halogens is 2. The molecule has 6 heteroatoms. The van der Waals surface area contributed by atoms with Gasteiger partial charge in [0.25, 0.3) is 0 Å². The first kappa shape index (κ1) is 58.5. The molecule has 98 heavy (non-hydrogen) atoms. The van der Waals surface area contributed by atoms with Crippen LogP contribution in [0.25, 0.3) is 45.5 Å². The third-order valence-electron chi connectivity index (χ3n) is 21.0. The van der Waals surface area contributed by atoms with Crippen molar-refractivity contribution in [3.63, 3.8) is 0 Å². The largest absolute Gasteiger partial charge is 0.457 e. The maximum atomic E-state index is 15.7. The summed E-state index contributed by atoms with van der Waals surface area (Å²) in [5.74, 6) is 4.03. The molecule has 3 unspecified atom stereocenters. The van der Waals surface area contributed by atoms with Crippen LogP contribution in [-0.4, -0.2) is 6.17 Å². The van der Waals surface area contributed by atoms with Crippen LogP contribution in [0.3, 0.4) is 0 Å². The predicted molar refractivity (Wildman–Crippen MR) is 392 cm³/mol. The fourth-order valence-corrected chi connectivity index (χ4v) is 16.7. The Labute approximate surface area is 569 Å². The van der Waals surface area contributed by atoms with E-state index in [9.17, 15) is 0 Å². The van der Waals surface area contributed by atoms with Gasteiger partial charge in [-0.1, -0.05) is 244 Å². The summed E-state index contributed by atoms with van der Waals surface area (Å²) in [4.78, 5) is 2.39. The maximum Gasteiger partial charge on any atom is 0.156 e. The highest BCUT2D eigenvalue weighted by molar-refractivity contribution is 5.95. The summed E-state index contributed by atoms with van der Waals surface area (Å²) >= 11 is 0. The van der Waals surface area contributed by atoms with Gasteiger partial charge in [-0.3, -0.25) is 0 Å². The summed E-state index contributed by atoms with van der Waals surface area (Å²) in [5.41, 5.74) is 21.7. The molecule has 1 heterocycles. The zero-order valence-corrected chi connectivity index (χ0v) is 53.5. The number of hydrogen-bond donors (Lipinski definition) is 0. The first-order valence-electron chi connectivity index (χ1n) is 33.4. The molecule has 4 nitrogen and oxygen atoms in total. The lowest BCUT2D eigenvalue weighted by molar-refractivity contribution is 0.399. The first-order chi connectivity index (χ1) is 48.2. The van der Waals surface area contributed by atoms with Crippen molar-refractivity contribution in [3.05, 3.63) is 412 Å². The van der Waals surface area contributed by atoms with Gasteiger partial charge in [0.1, 0.15) is 40.7 Å². The highest BCUT2D eigenvalue weighted by Gasteiger charge is 2.53. The Morgan fingerprint density at radius 2 is 0.888 bits per heavy atom. The minimum absolute atomic E-state index is 0.234. The second-order valence-electron chi connectivity index (χ2n) is 26.0. The quantitative estimate of drug-likeness (QED) is 0.109. The summed E-state index contributed by atoms with van der Waals surface area (Å²) in [6, 6.07) is 104. The van der Waals surface area contributed by atoms with Crippen LogP contribution in [0.1, 0.15) is 78.7 Å². The standard InChI is InChI=1S/C92H63F2NO3/c1-3-59-28-46-69(47-29-59)96-71-50-32-61(33-51-71)58-90(62-34-40-65(93)41-35-62)79-20-9-5-16-73(79)77-54-44-67(56-85(77)90)95(87-26-15-25-84-89(87)98-88-27-14-13-24-83(88)92(84)81-22-11-7-17-74(81)75-18-8-12-23-82(75)92)68-45-55-78-76-19-6-10-21-80(76)91(86(78)57-68,63-36-42-66(94)43-37-63)64-38-52-72(53-39-64)97-70-48-30-60(4-2)31-49-70/h3-42,44-57,66H,1-2,43,58H2. The zero-order valence-electron chi connectivity index (χ0n) is 53.5. The van der Waals surface area contributed by atoms with Gasteiger partial charge in [0.05, 0.1) is 21.9 Å². The minimum Gasteiger partial charge on any atom is -0.457 e. The van der Waals surface area contributed by atoms with Crippen molar-refractivity contribution >= 4 is 29.2 Å². The number of allylic oxidation sites excluding steroid dienone is 4. The maximum absolute atomic E-state index is 15.7. The van der Waals surface area contributed by atoms with E-state index < -0.39 is 22.4 Å². The van der Waals surface area contributed by atoms with E-state index in [2.05, 4.69) is 224 Å². The lowest BCUT2D eigenvalue weighted by Crippen LogP contribution is -2.33. The molecule has 1 aliphatic heterocycles. The van der Waals surface area contributed by atoms with Crippen molar-refractivity contribution in [2.75, 3.05) is 4.90 Å². The molecule has 0 saturated heterocycles. The smallest absolute Gasteiger partial charge is 0.156 e. The summed E-state index contributed by atoms with van der Waals surface area (Å²) in [5, 5.41) is 0. The highest BCUT2D eigenvalue weighted by atomic mass is 19.1. The Kier molecular flexibility index (Phi) is 13.8. The number of hydrogen-bond acceptors (Lipinski definition) is 4. The molecule has 0 bridgehead atoms. The van der Waals surface area contributed by atoms with E-state index in [4.69, 9.17) is 14.2 Å². The van der Waals surface area contributed by atoms with E-state index in [1.165, 1.54) is 22.3 Å². The molecule has 5 aliphatic rings. The van der Waals surface area contributed by atoms with Gasteiger partial charge in [0.15, 0.2) is 5.75 Å². The second-order valence-corrected chi connectivity index (χ2v) is 26.0. The van der Waals surface area contributed by atoms with Gasteiger partial charge in [-0.25, -0.2) is 8.78 Å². The number of alkyl halides is 1. The Morgan fingerprint density at radius 3 is 1.45 bits per heavy atom. The molecule has 0 fully saturated rings. The second kappa shape index (κ2) is 23.1. The van der Waals surface area contributed by atoms with Crippen molar-refractivity contribution in [1.82, 2.24) is 0 Å². The molecule has 0 N–H and O–H groups in total. The van der Waals surface area contributed by atoms with Crippen LogP contribution in [-0.2, 0) is 22.7 Å². The van der Waals surface area contributed by atoms with Gasteiger partial charge in [-0.05, 0) is 204 Å². The molecule has 0 aromatic heterocycles. The first-order valence-corrected chi connectivity index (χ1v) is 33.4. The number of para-hydroxylation sites is 2. The van der Waals surface area contributed by atoms with Crippen molar-refractivity contribution in [2.24, 2.45) is 0 Å². The van der Waals surface area contributed by atoms with Crippen LogP contribution >= 0.6 is 0 Å². The van der Waals surface area contributed by atoms with Crippen molar-refractivity contribution < 1.29 is 23.0 Å². The van der Waals surface area contributed by atoms with E-state index in [1.807, 2.05) is 103 Å². The fraction of sp³-hybridized carbons (Fsp3) is 0.0652. The molecular weight excluding hydrogens is 1210 g/mol. The summed E-state index contributed by atoms with van der Waals surface area (Å²) in [6.07, 6.45) is 9.09. The Morgan fingerprint density at radius 1 is 0.429 bits per heavy atom. The van der Waals surface area contributed by atoms with E-state index in [0.29, 0.717) is 23.7 Å². The Balaban J connectivity index is 0.877. The number of nitrogens with zero attached hydrogens (tertiary/aromatic N) is 1. The number of fused-ring (bicyclic) bond motifs is 15. The monoisotopic (exact) mass is 1270 g/mol. The molecular formula is C92H63F2NO3. The molecule has 0 amide bonds. The SMILES string of the molecule is C=Cc1ccc(Oc2ccc(CC3(c4ccc(F)cc4)c4ccccc4-c4ccc(N(c5ccc6c(c5)C(C5=CCC(F)C=C5)(c5ccc(Oc7ccc(C=C)cc7)cc5)c5ccccc5-6)c5cccc6c5Oc5ccccc5C65c6ccccc6-c6ccccc65)cc43)cc2)cc1. The summed E-state index contributed by atoms with van der Waals surface area (Å²) in [6.45, 7) is 7.86. The number of benzene rings is 13. The fourth-order valence-electron chi connectivity index (χ4n) is 16.7. The lowest BCUT2D eigenvalue weighted by atomic mass is 9.66. The third kappa shape index (κ3) is 8.94. The molecule has 468 valence electrons. The number of anilines is 3. The van der Waals surface area contributed by atoms with Crippen molar-refractivity contribution in [2.45, 2.75) is 35.3 Å². The zero-order chi connectivity index (χ0) is 65.7. The molecule has 13 aromatic carbocycles. The van der Waals surface area contributed by atoms with Gasteiger partial charge < -0.3 is 19.1 Å². The van der Waals surface area contributed by atoms with Gasteiger partial charge >= 0.3 is 0 Å². The lowest BCUT2D eigenvalue weighted by Gasteiger charge is -2.41. The molecule has 0 radical (unpaired) electrons.